The van der Waals surface area contributed by atoms with Crippen LogP contribution in [0.5, 0.6) is 11.5 Å². The molecule has 0 radical (unpaired) electrons. The zero-order chi connectivity index (χ0) is 22.7. The Morgan fingerprint density at radius 2 is 1.97 bits per heavy atom. The predicted octanol–water partition coefficient (Wildman–Crippen LogP) is 4.76. The number of ether oxygens (including phenoxy) is 2. The summed E-state index contributed by atoms with van der Waals surface area (Å²) in [6.45, 7) is 0. The van der Waals surface area contributed by atoms with Gasteiger partial charge in [0.05, 0.1) is 24.0 Å². The van der Waals surface area contributed by atoms with E-state index >= 15 is 0 Å². The molecule has 1 N–H and O–H groups in total. The van der Waals surface area contributed by atoms with E-state index in [-0.39, 0.29) is 11.6 Å². The van der Waals surface area contributed by atoms with Crippen molar-refractivity contribution in [3.8, 4) is 22.8 Å². The molecule has 0 saturated carbocycles. The van der Waals surface area contributed by atoms with Crippen LogP contribution in [0, 0.1) is 10.1 Å². The van der Waals surface area contributed by atoms with Gasteiger partial charge in [0.2, 0.25) is 0 Å². The van der Waals surface area contributed by atoms with E-state index in [4.69, 9.17) is 13.9 Å². The fraction of sp³-hybridized carbons (Fsp3) is 0.0909. The van der Waals surface area contributed by atoms with Crippen molar-refractivity contribution in [1.82, 2.24) is 5.32 Å². The molecule has 0 aliphatic carbocycles. The fourth-order valence-corrected chi connectivity index (χ4v) is 3.77. The molecule has 1 aliphatic rings. The van der Waals surface area contributed by atoms with Gasteiger partial charge in [0.15, 0.2) is 5.17 Å². The van der Waals surface area contributed by atoms with Crippen molar-refractivity contribution in [3.05, 3.63) is 75.4 Å². The summed E-state index contributed by atoms with van der Waals surface area (Å²) in [7, 11) is 3.09. The quantitative estimate of drug-likeness (QED) is 0.326. The molecule has 4 rings (SSSR count). The maximum Gasteiger partial charge on any atom is 0.270 e. The Morgan fingerprint density at radius 3 is 2.72 bits per heavy atom. The molecule has 1 fully saturated rings. The van der Waals surface area contributed by atoms with Crippen molar-refractivity contribution in [3.63, 3.8) is 0 Å². The molecule has 10 heteroatoms. The van der Waals surface area contributed by atoms with Crippen LogP contribution in [0.2, 0.25) is 0 Å². The normalized spacial score (nSPS) is 15.8. The predicted molar refractivity (Wildman–Crippen MR) is 121 cm³/mol. The van der Waals surface area contributed by atoms with Crippen LogP contribution in [0.15, 0.2) is 68.9 Å². The number of hydrogen-bond acceptors (Lipinski definition) is 8. The van der Waals surface area contributed by atoms with Crippen LogP contribution in [-0.2, 0) is 4.79 Å². The van der Waals surface area contributed by atoms with Gasteiger partial charge in [0.25, 0.3) is 11.6 Å². The summed E-state index contributed by atoms with van der Waals surface area (Å²) < 4.78 is 16.3. The number of thioether (sulfide) groups is 1. The summed E-state index contributed by atoms with van der Waals surface area (Å²) >= 11 is 1.16. The van der Waals surface area contributed by atoms with Gasteiger partial charge >= 0.3 is 0 Å². The molecule has 0 bridgehead atoms. The van der Waals surface area contributed by atoms with Gasteiger partial charge in [-0.1, -0.05) is 12.1 Å². The van der Waals surface area contributed by atoms with Crippen molar-refractivity contribution < 1.29 is 23.6 Å². The van der Waals surface area contributed by atoms with E-state index in [0.29, 0.717) is 44.3 Å². The first-order valence-corrected chi connectivity index (χ1v) is 10.1. The maximum atomic E-state index is 12.4. The van der Waals surface area contributed by atoms with Crippen LogP contribution < -0.4 is 14.8 Å². The molecular formula is C22H17N3O6S. The number of carbonyl (C=O) groups excluding carboxylic acids is 1. The van der Waals surface area contributed by atoms with Crippen LogP contribution in [0.3, 0.4) is 0 Å². The number of nitro groups is 1. The Balaban J connectivity index is 1.55. The second kappa shape index (κ2) is 8.98. The van der Waals surface area contributed by atoms with Crippen LogP contribution in [0.1, 0.15) is 5.76 Å². The van der Waals surface area contributed by atoms with Crippen molar-refractivity contribution in [2.75, 3.05) is 14.2 Å². The molecule has 0 spiro atoms. The van der Waals surface area contributed by atoms with Gasteiger partial charge in [-0.15, -0.1) is 0 Å². The summed E-state index contributed by atoms with van der Waals surface area (Å²) in [5.41, 5.74) is 1.09. The second-order valence-corrected chi connectivity index (χ2v) is 7.56. The first-order valence-electron chi connectivity index (χ1n) is 9.33. The summed E-state index contributed by atoms with van der Waals surface area (Å²) in [4.78, 5) is 27.8. The highest BCUT2D eigenvalue weighted by Gasteiger charge is 2.25. The van der Waals surface area contributed by atoms with E-state index in [1.54, 1.807) is 55.7 Å². The zero-order valence-electron chi connectivity index (χ0n) is 17.0. The van der Waals surface area contributed by atoms with Crippen LogP contribution >= 0.6 is 11.8 Å². The molecule has 1 saturated heterocycles. The first-order chi connectivity index (χ1) is 15.5. The number of nitrogens with zero attached hydrogens (tertiary/aromatic N) is 2. The van der Waals surface area contributed by atoms with E-state index in [1.807, 2.05) is 0 Å². The Bertz CT molecular complexity index is 1260. The molecular weight excluding hydrogens is 434 g/mol. The van der Waals surface area contributed by atoms with Gasteiger partial charge in [-0.05, 0) is 36.0 Å². The molecule has 1 amide bonds. The van der Waals surface area contributed by atoms with Crippen LogP contribution in [-0.4, -0.2) is 30.2 Å². The highest BCUT2D eigenvalue weighted by molar-refractivity contribution is 8.18. The topological polar surface area (TPSA) is 116 Å². The van der Waals surface area contributed by atoms with Crippen molar-refractivity contribution >= 4 is 40.3 Å². The number of non-ortho nitro benzene ring substituents is 1. The number of aliphatic imine (C=N–C) groups is 1. The van der Waals surface area contributed by atoms with Gasteiger partial charge in [-0.2, -0.15) is 0 Å². The molecule has 1 aromatic heterocycles. The largest absolute Gasteiger partial charge is 0.497 e. The summed E-state index contributed by atoms with van der Waals surface area (Å²) in [5.74, 6) is 1.73. The summed E-state index contributed by atoms with van der Waals surface area (Å²) in [6, 6.07) is 14.7. The number of amides is 1. The lowest BCUT2D eigenvalue weighted by Crippen LogP contribution is -2.19. The van der Waals surface area contributed by atoms with Crippen molar-refractivity contribution in [2.24, 2.45) is 4.99 Å². The van der Waals surface area contributed by atoms with Gasteiger partial charge in [0, 0.05) is 29.8 Å². The van der Waals surface area contributed by atoms with Gasteiger partial charge in [-0.25, -0.2) is 4.99 Å². The third-order valence-electron chi connectivity index (χ3n) is 4.50. The minimum absolute atomic E-state index is 0.0284. The Kier molecular flexibility index (Phi) is 5.95. The van der Waals surface area contributed by atoms with Crippen molar-refractivity contribution in [2.45, 2.75) is 0 Å². The second-order valence-electron chi connectivity index (χ2n) is 6.53. The number of nitro benzene ring substituents is 1. The lowest BCUT2D eigenvalue weighted by atomic mass is 10.1. The molecule has 162 valence electrons. The Labute approximate surface area is 186 Å². The first kappa shape index (κ1) is 21.2. The van der Waals surface area contributed by atoms with Crippen molar-refractivity contribution in [1.29, 1.82) is 0 Å². The molecule has 32 heavy (non-hydrogen) atoms. The molecule has 3 aromatic rings. The molecule has 0 atom stereocenters. The van der Waals surface area contributed by atoms with E-state index in [1.165, 1.54) is 19.2 Å². The number of rotatable bonds is 6. The summed E-state index contributed by atoms with van der Waals surface area (Å²) in [5, 5.41) is 14.1. The minimum Gasteiger partial charge on any atom is -0.497 e. The number of carbonyl (C=O) groups is 1. The van der Waals surface area contributed by atoms with Gasteiger partial charge in [0.1, 0.15) is 28.7 Å². The maximum absolute atomic E-state index is 12.4. The highest BCUT2D eigenvalue weighted by Crippen LogP contribution is 2.35. The van der Waals surface area contributed by atoms with E-state index in [0.717, 1.165) is 11.8 Å². The molecule has 2 heterocycles. The molecule has 0 unspecified atom stereocenters. The van der Waals surface area contributed by atoms with E-state index in [9.17, 15) is 14.9 Å². The highest BCUT2D eigenvalue weighted by atomic mass is 32.2. The third kappa shape index (κ3) is 4.49. The minimum atomic E-state index is -0.465. The Morgan fingerprint density at radius 1 is 1.12 bits per heavy atom. The third-order valence-corrected chi connectivity index (χ3v) is 5.41. The number of furan rings is 1. The van der Waals surface area contributed by atoms with Gasteiger partial charge in [-0.3, -0.25) is 14.9 Å². The smallest absolute Gasteiger partial charge is 0.270 e. The van der Waals surface area contributed by atoms with E-state index < -0.39 is 4.92 Å². The van der Waals surface area contributed by atoms with Gasteiger partial charge < -0.3 is 19.2 Å². The zero-order valence-corrected chi connectivity index (χ0v) is 17.8. The SMILES string of the molecule is COc1ccc(N=C2NC(=O)C(=Cc3ccc(-c4cccc([N+](=O)[O-])c4)o3)S2)c(OC)c1. The Hall–Kier alpha value is -4.05. The number of methoxy groups -OCH3 is 2. The summed E-state index contributed by atoms with van der Waals surface area (Å²) in [6.07, 6.45) is 1.59. The standard InChI is InChI=1S/C22H17N3O6S/c1-29-15-6-8-17(19(11-15)30-2)23-22-24-21(26)20(32-22)12-16-7-9-18(31-16)13-4-3-5-14(10-13)25(27)28/h3-12H,1-2H3,(H,23,24,26). The lowest BCUT2D eigenvalue weighted by molar-refractivity contribution is -0.384. The number of hydrogen-bond donors (Lipinski definition) is 1. The monoisotopic (exact) mass is 451 g/mol. The van der Waals surface area contributed by atoms with Crippen LogP contribution in [0.25, 0.3) is 17.4 Å². The number of amidine groups is 1. The average molecular weight is 451 g/mol. The van der Waals surface area contributed by atoms with E-state index in [2.05, 4.69) is 10.3 Å². The fourth-order valence-electron chi connectivity index (χ4n) is 2.95. The van der Waals surface area contributed by atoms with Crippen LogP contribution in [0.4, 0.5) is 11.4 Å². The molecule has 1 aliphatic heterocycles. The lowest BCUT2D eigenvalue weighted by Gasteiger charge is -2.07. The molecule has 2 aromatic carbocycles. The number of nitrogens with one attached hydrogen (secondary N) is 1. The number of benzene rings is 2. The average Bonchev–Trinajstić information content (AvgIpc) is 3.40. The molecule has 9 nitrogen and oxygen atoms in total.